The highest BCUT2D eigenvalue weighted by Gasteiger charge is 2.19. The third kappa shape index (κ3) is 8.05. The number of nitrogens with one attached hydrogen (secondary N) is 4. The summed E-state index contributed by atoms with van der Waals surface area (Å²) in [7, 11) is 0. The number of benzene rings is 1. The summed E-state index contributed by atoms with van der Waals surface area (Å²) < 4.78 is 4.79. The molecule has 0 saturated carbocycles. The van der Waals surface area contributed by atoms with Gasteiger partial charge in [0.2, 0.25) is 5.91 Å². The monoisotopic (exact) mass is 350 g/mol. The van der Waals surface area contributed by atoms with Gasteiger partial charge in [0.1, 0.15) is 6.04 Å². The summed E-state index contributed by atoms with van der Waals surface area (Å²) in [5, 5.41) is 10.5. The second-order valence-electron chi connectivity index (χ2n) is 6.48. The van der Waals surface area contributed by atoms with E-state index in [1.54, 1.807) is 38.1 Å². The standard InChI is InChI=1S/C17H26N4O4/c1-6-25-16(24)19-13-9-7-12(8-10-13)18-11(2)14(22)20-15(23)21-17(3,4)5/h7-11,18H,6H2,1-5H3,(H,19,24)(H2,20,21,22,23). The van der Waals surface area contributed by atoms with E-state index in [0.717, 1.165) is 0 Å². The van der Waals surface area contributed by atoms with Crippen molar-refractivity contribution in [3.63, 3.8) is 0 Å². The van der Waals surface area contributed by atoms with Crippen LogP contribution in [-0.4, -0.2) is 36.2 Å². The lowest BCUT2D eigenvalue weighted by molar-refractivity contribution is -0.120. The first-order chi connectivity index (χ1) is 11.6. The van der Waals surface area contributed by atoms with Gasteiger partial charge in [-0.2, -0.15) is 0 Å². The summed E-state index contributed by atoms with van der Waals surface area (Å²) in [6.07, 6.45) is -0.527. The average Bonchev–Trinajstić information content (AvgIpc) is 2.47. The van der Waals surface area contributed by atoms with E-state index in [1.807, 2.05) is 20.8 Å². The molecule has 8 heteroatoms. The SMILES string of the molecule is CCOC(=O)Nc1ccc(NC(C)C(=O)NC(=O)NC(C)(C)C)cc1. The quantitative estimate of drug-likeness (QED) is 0.653. The van der Waals surface area contributed by atoms with E-state index in [1.165, 1.54) is 0 Å². The van der Waals surface area contributed by atoms with Gasteiger partial charge in [-0.15, -0.1) is 0 Å². The maximum atomic E-state index is 12.0. The maximum Gasteiger partial charge on any atom is 0.411 e. The van der Waals surface area contributed by atoms with E-state index >= 15 is 0 Å². The van der Waals surface area contributed by atoms with Crippen LogP contribution < -0.4 is 21.3 Å². The minimum absolute atomic E-state index is 0.293. The largest absolute Gasteiger partial charge is 0.450 e. The van der Waals surface area contributed by atoms with Gasteiger partial charge in [-0.3, -0.25) is 15.4 Å². The third-order valence-electron chi connectivity index (χ3n) is 2.91. The molecule has 0 aliphatic carbocycles. The Morgan fingerprint density at radius 3 is 2.16 bits per heavy atom. The predicted molar refractivity (Wildman–Crippen MR) is 96.6 cm³/mol. The molecule has 4 amide bonds. The second kappa shape index (κ2) is 8.91. The zero-order chi connectivity index (χ0) is 19.0. The number of rotatable bonds is 5. The van der Waals surface area contributed by atoms with Gasteiger partial charge in [0, 0.05) is 16.9 Å². The lowest BCUT2D eigenvalue weighted by Crippen LogP contribution is -2.51. The van der Waals surface area contributed by atoms with Gasteiger partial charge in [0.05, 0.1) is 6.61 Å². The Morgan fingerprint density at radius 2 is 1.64 bits per heavy atom. The molecule has 0 spiro atoms. The van der Waals surface area contributed by atoms with Gasteiger partial charge >= 0.3 is 12.1 Å². The summed E-state index contributed by atoms with van der Waals surface area (Å²) >= 11 is 0. The number of amides is 4. The molecular formula is C17H26N4O4. The summed E-state index contributed by atoms with van der Waals surface area (Å²) in [4.78, 5) is 35.1. The van der Waals surface area contributed by atoms with Gasteiger partial charge in [0.25, 0.3) is 0 Å². The second-order valence-corrected chi connectivity index (χ2v) is 6.48. The Balaban J connectivity index is 2.53. The maximum absolute atomic E-state index is 12.0. The molecule has 0 fully saturated rings. The van der Waals surface area contributed by atoms with Crippen LogP contribution in [-0.2, 0) is 9.53 Å². The molecule has 0 aromatic heterocycles. The van der Waals surface area contributed by atoms with E-state index in [0.29, 0.717) is 18.0 Å². The van der Waals surface area contributed by atoms with Gasteiger partial charge < -0.3 is 15.4 Å². The summed E-state index contributed by atoms with van der Waals surface area (Å²) in [5.74, 6) is -0.449. The Labute approximate surface area is 147 Å². The molecular weight excluding hydrogens is 324 g/mol. The van der Waals surface area contributed by atoms with Crippen molar-refractivity contribution in [2.24, 2.45) is 0 Å². The molecule has 1 rings (SSSR count). The fraction of sp³-hybridized carbons (Fsp3) is 0.471. The molecule has 4 N–H and O–H groups in total. The van der Waals surface area contributed by atoms with Crippen LogP contribution in [0, 0.1) is 0 Å². The fourth-order valence-electron chi connectivity index (χ4n) is 1.84. The molecule has 1 aromatic carbocycles. The zero-order valence-electron chi connectivity index (χ0n) is 15.2. The summed E-state index contributed by atoms with van der Waals surface area (Å²) in [6, 6.07) is 5.61. The molecule has 0 radical (unpaired) electrons. The van der Waals surface area contributed by atoms with Crippen LogP contribution in [0.4, 0.5) is 21.0 Å². The molecule has 0 aliphatic heterocycles. The Bertz CT molecular complexity index is 608. The van der Waals surface area contributed by atoms with E-state index in [9.17, 15) is 14.4 Å². The van der Waals surface area contributed by atoms with Crippen molar-refractivity contribution >= 4 is 29.4 Å². The average molecular weight is 350 g/mol. The molecule has 0 aliphatic rings. The highest BCUT2D eigenvalue weighted by atomic mass is 16.5. The van der Waals surface area contributed by atoms with Crippen LogP contribution >= 0.6 is 0 Å². The van der Waals surface area contributed by atoms with Crippen molar-refractivity contribution in [3.05, 3.63) is 24.3 Å². The third-order valence-corrected chi connectivity index (χ3v) is 2.91. The van der Waals surface area contributed by atoms with Gasteiger partial charge in [-0.1, -0.05) is 0 Å². The molecule has 1 atom stereocenters. The van der Waals surface area contributed by atoms with Crippen molar-refractivity contribution < 1.29 is 19.1 Å². The number of urea groups is 1. The molecule has 8 nitrogen and oxygen atoms in total. The number of ether oxygens (including phenoxy) is 1. The van der Waals surface area contributed by atoms with Crippen molar-refractivity contribution in [1.29, 1.82) is 0 Å². The molecule has 0 bridgehead atoms. The minimum atomic E-state index is -0.616. The normalized spacial score (nSPS) is 11.9. The smallest absolute Gasteiger partial charge is 0.411 e. The first-order valence-corrected chi connectivity index (χ1v) is 8.04. The van der Waals surface area contributed by atoms with Crippen LogP contribution in [0.2, 0.25) is 0 Å². The van der Waals surface area contributed by atoms with Crippen molar-refractivity contribution in [1.82, 2.24) is 10.6 Å². The van der Waals surface area contributed by atoms with Crippen LogP contribution in [0.1, 0.15) is 34.6 Å². The Morgan fingerprint density at radius 1 is 1.08 bits per heavy atom. The minimum Gasteiger partial charge on any atom is -0.450 e. The zero-order valence-corrected chi connectivity index (χ0v) is 15.2. The topological polar surface area (TPSA) is 109 Å². The van der Waals surface area contributed by atoms with E-state index in [4.69, 9.17) is 4.74 Å². The van der Waals surface area contributed by atoms with Crippen LogP contribution in [0.25, 0.3) is 0 Å². The predicted octanol–water partition coefficient (Wildman–Crippen LogP) is 2.68. The Kier molecular flexibility index (Phi) is 7.22. The molecule has 138 valence electrons. The summed E-state index contributed by atoms with van der Waals surface area (Å²) in [5.41, 5.74) is 0.821. The van der Waals surface area contributed by atoms with Gasteiger partial charge in [0.15, 0.2) is 0 Å². The van der Waals surface area contributed by atoms with Crippen molar-refractivity contribution in [2.45, 2.75) is 46.2 Å². The van der Waals surface area contributed by atoms with E-state index in [-0.39, 0.29) is 0 Å². The molecule has 1 aromatic rings. The fourth-order valence-corrected chi connectivity index (χ4v) is 1.84. The number of hydrogen-bond acceptors (Lipinski definition) is 5. The number of carbonyl (C=O) groups is 3. The van der Waals surface area contributed by atoms with Crippen LogP contribution in [0.3, 0.4) is 0 Å². The number of anilines is 2. The number of carbonyl (C=O) groups excluding carboxylic acids is 3. The lowest BCUT2D eigenvalue weighted by Gasteiger charge is -2.21. The number of imide groups is 1. The molecule has 25 heavy (non-hydrogen) atoms. The molecule has 0 heterocycles. The molecule has 1 unspecified atom stereocenters. The van der Waals surface area contributed by atoms with E-state index in [2.05, 4.69) is 21.3 Å². The highest BCUT2D eigenvalue weighted by Crippen LogP contribution is 2.14. The first-order valence-electron chi connectivity index (χ1n) is 8.04. The molecule has 0 saturated heterocycles. The summed E-state index contributed by atoms with van der Waals surface area (Å²) in [6.45, 7) is 9.13. The van der Waals surface area contributed by atoms with Crippen LogP contribution in [0.15, 0.2) is 24.3 Å². The van der Waals surface area contributed by atoms with Crippen molar-refractivity contribution in [2.75, 3.05) is 17.2 Å². The van der Waals surface area contributed by atoms with Gasteiger partial charge in [-0.25, -0.2) is 9.59 Å². The van der Waals surface area contributed by atoms with Gasteiger partial charge in [-0.05, 0) is 58.9 Å². The van der Waals surface area contributed by atoms with E-state index < -0.39 is 29.6 Å². The first kappa shape index (κ1) is 20.3. The lowest BCUT2D eigenvalue weighted by atomic mass is 10.1. The van der Waals surface area contributed by atoms with Crippen LogP contribution in [0.5, 0.6) is 0 Å². The highest BCUT2D eigenvalue weighted by molar-refractivity contribution is 5.98. The Hall–Kier alpha value is -2.77. The number of hydrogen-bond donors (Lipinski definition) is 4. The van der Waals surface area contributed by atoms with Crippen molar-refractivity contribution in [3.8, 4) is 0 Å².